The van der Waals surface area contributed by atoms with Gasteiger partial charge in [0.15, 0.2) is 0 Å². The van der Waals surface area contributed by atoms with E-state index in [4.69, 9.17) is 6.57 Å². The number of hydrogen-bond acceptors (Lipinski definition) is 1. The van der Waals surface area contributed by atoms with Crippen LogP contribution in [0.2, 0.25) is 0 Å². The first kappa shape index (κ1) is 44.4. The average Bonchev–Trinajstić information content (AvgIpc) is 3.86. The van der Waals surface area contributed by atoms with E-state index >= 15 is 0 Å². The van der Waals surface area contributed by atoms with E-state index in [2.05, 4.69) is 244 Å². The van der Waals surface area contributed by atoms with E-state index in [0.29, 0.717) is 5.69 Å². The van der Waals surface area contributed by atoms with Gasteiger partial charge >= 0.3 is 0 Å². The fraction of sp³-hybridized carbons (Fsp3) is 0.118. The van der Waals surface area contributed by atoms with Gasteiger partial charge in [-0.3, -0.25) is 4.98 Å². The van der Waals surface area contributed by atoms with Crippen molar-refractivity contribution in [3.8, 4) is 67.0 Å². The van der Waals surface area contributed by atoms with Crippen LogP contribution in [0.15, 0.2) is 182 Å². The topological polar surface area (TPSA) is 27.1 Å². The van der Waals surface area contributed by atoms with Gasteiger partial charge < -0.3 is 9.13 Å². The Bertz CT molecular complexity index is 3950. The maximum Gasteiger partial charge on any atom is 0.212 e. The summed E-state index contributed by atoms with van der Waals surface area (Å²) >= 11 is 0. The van der Waals surface area contributed by atoms with Crippen molar-refractivity contribution in [1.29, 1.82) is 0 Å². The highest BCUT2D eigenvalue weighted by molar-refractivity contribution is 6.14. The van der Waals surface area contributed by atoms with Gasteiger partial charge in [-0.25, -0.2) is 4.85 Å². The van der Waals surface area contributed by atoms with E-state index in [1.807, 2.05) is 12.4 Å². The standard InChI is InChI=1S/C68H54N4/c1-40-22-41(2)27-53(26-40)49-10-14-57-58-15-11-50(54-28-42(3)23-43(4)29-54)35-64(58)71(63(57)34-49)67-39-62(69-9)68(38-61(67)48-18-20-70-21-19-48)72-65-36-51(55-30-44(5)24-45(6)31-55)12-16-59(65)60-17-13-52(37-66(60)72)56-32-46(7)25-47(8)33-56/h10-39H,1-8H3. The molecule has 0 radical (unpaired) electrons. The quantitative estimate of drug-likeness (QED) is 0.146. The lowest BCUT2D eigenvalue weighted by molar-refractivity contribution is 1.15. The van der Waals surface area contributed by atoms with Crippen LogP contribution < -0.4 is 0 Å². The van der Waals surface area contributed by atoms with E-state index in [1.54, 1.807) is 0 Å². The predicted octanol–water partition coefficient (Wildman–Crippen LogP) is 18.6. The first-order valence-corrected chi connectivity index (χ1v) is 24.8. The Morgan fingerprint density at radius 1 is 0.306 bits per heavy atom. The van der Waals surface area contributed by atoms with Crippen LogP contribution in [0.1, 0.15) is 44.5 Å². The van der Waals surface area contributed by atoms with Crippen molar-refractivity contribution in [2.24, 2.45) is 0 Å². The van der Waals surface area contributed by atoms with Crippen LogP contribution in [0.3, 0.4) is 0 Å². The van der Waals surface area contributed by atoms with Crippen molar-refractivity contribution < 1.29 is 0 Å². The zero-order chi connectivity index (χ0) is 49.5. The van der Waals surface area contributed by atoms with Crippen LogP contribution in [-0.4, -0.2) is 14.1 Å². The smallest absolute Gasteiger partial charge is 0.212 e. The minimum absolute atomic E-state index is 0.557. The van der Waals surface area contributed by atoms with Crippen molar-refractivity contribution >= 4 is 49.3 Å². The maximum absolute atomic E-state index is 9.14. The lowest BCUT2D eigenvalue weighted by Gasteiger charge is -2.20. The van der Waals surface area contributed by atoms with E-state index in [-0.39, 0.29) is 0 Å². The van der Waals surface area contributed by atoms with Gasteiger partial charge in [0, 0.05) is 45.2 Å². The lowest BCUT2D eigenvalue weighted by Crippen LogP contribution is -2.02. The molecule has 0 aliphatic carbocycles. The number of fused-ring (bicyclic) bond motifs is 6. The zero-order valence-corrected chi connectivity index (χ0v) is 42.1. The Kier molecular flexibility index (Phi) is 10.7. The average molecular weight is 927 g/mol. The van der Waals surface area contributed by atoms with Crippen molar-refractivity contribution in [2.45, 2.75) is 55.4 Å². The first-order chi connectivity index (χ1) is 34.8. The molecule has 0 aliphatic heterocycles. The lowest BCUT2D eigenvalue weighted by atomic mass is 9.98. The van der Waals surface area contributed by atoms with Gasteiger partial charge in [0.25, 0.3) is 0 Å². The second-order valence-electron chi connectivity index (χ2n) is 20.3. The van der Waals surface area contributed by atoms with Crippen LogP contribution in [0.4, 0.5) is 5.69 Å². The summed E-state index contributed by atoms with van der Waals surface area (Å²) in [5.74, 6) is 0. The second-order valence-corrected chi connectivity index (χ2v) is 20.3. The predicted molar refractivity (Wildman–Crippen MR) is 304 cm³/mol. The molecule has 12 aromatic rings. The van der Waals surface area contributed by atoms with Gasteiger partial charge in [0.05, 0.1) is 34.3 Å². The third kappa shape index (κ3) is 7.75. The van der Waals surface area contributed by atoms with E-state index in [0.717, 1.165) is 88.4 Å². The second kappa shape index (κ2) is 17.3. The molecule has 0 aliphatic rings. The molecule has 4 nitrogen and oxygen atoms in total. The molecule has 4 heteroatoms. The summed E-state index contributed by atoms with van der Waals surface area (Å²) in [7, 11) is 0. The molecule has 72 heavy (non-hydrogen) atoms. The molecule has 9 aromatic carbocycles. The minimum Gasteiger partial charge on any atom is -0.319 e. The Hall–Kier alpha value is -8.78. The van der Waals surface area contributed by atoms with Crippen LogP contribution in [0, 0.1) is 62.0 Å². The van der Waals surface area contributed by atoms with Gasteiger partial charge in [-0.05, 0) is 154 Å². The first-order valence-electron chi connectivity index (χ1n) is 24.8. The van der Waals surface area contributed by atoms with Crippen molar-refractivity contribution in [3.05, 3.63) is 238 Å². The molecule has 3 heterocycles. The molecule has 0 spiro atoms. The van der Waals surface area contributed by atoms with Gasteiger partial charge in [-0.1, -0.05) is 166 Å². The summed E-state index contributed by atoms with van der Waals surface area (Å²) in [6.45, 7) is 26.5. The molecule has 0 bridgehead atoms. The number of aromatic nitrogens is 3. The minimum atomic E-state index is 0.557. The van der Waals surface area contributed by atoms with Gasteiger partial charge in [0.1, 0.15) is 0 Å². The van der Waals surface area contributed by atoms with Gasteiger partial charge in [-0.15, -0.1) is 0 Å². The third-order valence-electron chi connectivity index (χ3n) is 14.4. The summed E-state index contributed by atoms with van der Waals surface area (Å²) in [5.41, 5.74) is 27.6. The molecule has 3 aromatic heterocycles. The van der Waals surface area contributed by atoms with E-state index in [1.165, 1.54) is 66.8 Å². The molecule has 346 valence electrons. The number of rotatable bonds is 7. The largest absolute Gasteiger partial charge is 0.319 e. The molecular weight excluding hydrogens is 873 g/mol. The van der Waals surface area contributed by atoms with E-state index in [9.17, 15) is 0 Å². The third-order valence-corrected chi connectivity index (χ3v) is 14.4. The molecule has 0 N–H and O–H groups in total. The van der Waals surface area contributed by atoms with Gasteiger partial charge in [0.2, 0.25) is 5.69 Å². The Labute approximate surface area is 422 Å². The zero-order valence-electron chi connectivity index (χ0n) is 42.1. The van der Waals surface area contributed by atoms with Gasteiger partial charge in [-0.2, -0.15) is 0 Å². The maximum atomic E-state index is 9.14. The normalized spacial score (nSPS) is 11.6. The van der Waals surface area contributed by atoms with Crippen molar-refractivity contribution in [2.75, 3.05) is 0 Å². The van der Waals surface area contributed by atoms with Crippen LogP contribution in [-0.2, 0) is 0 Å². The molecule has 0 fully saturated rings. The summed E-state index contributed by atoms with van der Waals surface area (Å²) in [4.78, 5) is 9.00. The number of pyridine rings is 1. The summed E-state index contributed by atoms with van der Waals surface area (Å²) in [6.07, 6.45) is 3.74. The molecule has 0 unspecified atom stereocenters. The fourth-order valence-corrected chi connectivity index (χ4v) is 11.6. The Balaban J connectivity index is 1.19. The van der Waals surface area contributed by atoms with E-state index < -0.39 is 0 Å². The highest BCUT2D eigenvalue weighted by atomic mass is 15.0. The fourth-order valence-electron chi connectivity index (χ4n) is 11.6. The van der Waals surface area contributed by atoms with Crippen LogP contribution >= 0.6 is 0 Å². The monoisotopic (exact) mass is 926 g/mol. The number of aryl methyl sites for hydroxylation is 8. The van der Waals surface area contributed by atoms with Crippen LogP contribution in [0.5, 0.6) is 0 Å². The Morgan fingerprint density at radius 2 is 0.611 bits per heavy atom. The summed E-state index contributed by atoms with van der Waals surface area (Å²) in [6, 6.07) is 63.1. The number of benzene rings is 9. The summed E-state index contributed by atoms with van der Waals surface area (Å²) in [5, 5.41) is 4.57. The molecule has 12 rings (SSSR count). The number of hydrogen-bond donors (Lipinski definition) is 0. The van der Waals surface area contributed by atoms with Crippen LogP contribution in [0.25, 0.3) is 115 Å². The molecule has 0 atom stereocenters. The molecule has 0 saturated heterocycles. The molecule has 0 saturated carbocycles. The molecular formula is C68H54N4. The highest BCUT2D eigenvalue weighted by Gasteiger charge is 2.24. The highest BCUT2D eigenvalue weighted by Crippen LogP contribution is 2.46. The van der Waals surface area contributed by atoms with Crippen molar-refractivity contribution in [1.82, 2.24) is 14.1 Å². The SMILES string of the molecule is [C-]#[N+]c1cc(-n2c3cc(-c4cc(C)cc(C)c4)ccc3c3ccc(-c4cc(C)cc(C)c4)cc32)c(-c2ccncc2)cc1-n1c2cc(-c3cc(C)cc(C)c3)ccc2c2ccc(-c3cc(C)cc(C)c3)cc21. The number of nitrogens with zero attached hydrogens (tertiary/aromatic N) is 4. The van der Waals surface area contributed by atoms with Crippen molar-refractivity contribution in [3.63, 3.8) is 0 Å². The molecule has 0 amide bonds. The Morgan fingerprint density at radius 3 is 0.917 bits per heavy atom. The summed E-state index contributed by atoms with van der Waals surface area (Å²) < 4.78 is 4.77.